The maximum absolute atomic E-state index is 12.7. The molecule has 0 unspecified atom stereocenters. The summed E-state index contributed by atoms with van der Waals surface area (Å²) in [5.74, 6) is -1.07. The molecule has 0 N–H and O–H groups in total. The molecule has 2 aliphatic rings. The van der Waals surface area contributed by atoms with Gasteiger partial charge in [-0.3, -0.25) is 0 Å². The fourth-order valence-corrected chi connectivity index (χ4v) is 4.21. The van der Waals surface area contributed by atoms with Gasteiger partial charge < -0.3 is 18.9 Å². The molecule has 1 aliphatic heterocycles. The molecule has 0 bridgehead atoms. The summed E-state index contributed by atoms with van der Waals surface area (Å²) in [6.07, 6.45) is 3.52. The molecular formula is C22H26O6. The fourth-order valence-electron chi connectivity index (χ4n) is 4.21. The van der Waals surface area contributed by atoms with Crippen molar-refractivity contribution in [1.29, 1.82) is 0 Å². The highest BCUT2D eigenvalue weighted by Gasteiger charge is 2.44. The van der Waals surface area contributed by atoms with Crippen molar-refractivity contribution in [2.24, 2.45) is 11.8 Å². The van der Waals surface area contributed by atoms with Crippen LogP contribution in [0.2, 0.25) is 0 Å². The van der Waals surface area contributed by atoms with E-state index in [-0.39, 0.29) is 24.4 Å². The highest BCUT2D eigenvalue weighted by atomic mass is 16.7. The Kier molecular flexibility index (Phi) is 5.89. The van der Waals surface area contributed by atoms with Gasteiger partial charge in [0.1, 0.15) is 6.61 Å². The maximum Gasteiger partial charge on any atom is 0.338 e. The van der Waals surface area contributed by atoms with Gasteiger partial charge in [0.2, 0.25) is 6.29 Å². The number of esters is 2. The SMILES string of the molecule is COC(=O)C1=CO[C@@H](OC)[C@@H]2C(COC(=O)c3c(C)cc(C)cc3C)=CC[C@H]12. The van der Waals surface area contributed by atoms with Gasteiger partial charge in [0.15, 0.2) is 0 Å². The van der Waals surface area contributed by atoms with Crippen LogP contribution in [0.15, 0.2) is 35.6 Å². The van der Waals surface area contributed by atoms with Gasteiger partial charge in [-0.05, 0) is 43.9 Å². The molecule has 0 radical (unpaired) electrons. The van der Waals surface area contributed by atoms with E-state index in [1.165, 1.54) is 13.4 Å². The smallest absolute Gasteiger partial charge is 0.338 e. The molecule has 0 amide bonds. The van der Waals surface area contributed by atoms with Crippen molar-refractivity contribution >= 4 is 11.9 Å². The number of allylic oxidation sites excluding steroid dienone is 1. The van der Waals surface area contributed by atoms with E-state index in [0.717, 1.165) is 22.3 Å². The van der Waals surface area contributed by atoms with E-state index >= 15 is 0 Å². The molecule has 0 fully saturated rings. The first kappa shape index (κ1) is 20.1. The Morgan fingerprint density at radius 1 is 1.11 bits per heavy atom. The van der Waals surface area contributed by atoms with Crippen molar-refractivity contribution in [3.63, 3.8) is 0 Å². The van der Waals surface area contributed by atoms with Gasteiger partial charge in [-0.1, -0.05) is 23.8 Å². The number of fused-ring (bicyclic) bond motifs is 1. The summed E-state index contributed by atoms with van der Waals surface area (Å²) in [6.45, 7) is 5.94. The third-order valence-corrected chi connectivity index (χ3v) is 5.42. The molecule has 0 spiro atoms. The number of methoxy groups -OCH3 is 2. The standard InChI is InChI=1S/C22H26O6/c1-12-8-13(2)18(14(3)9-12)21(24)27-10-15-6-7-16-17(20(23)25-4)11-28-22(26-5)19(15)16/h6,8-9,11,16,19,22H,7,10H2,1-5H3/t16-,19-,22-/m1/s1. The Morgan fingerprint density at radius 3 is 2.39 bits per heavy atom. The van der Waals surface area contributed by atoms with Gasteiger partial charge in [0, 0.05) is 13.0 Å². The van der Waals surface area contributed by atoms with Gasteiger partial charge in [-0.15, -0.1) is 0 Å². The van der Waals surface area contributed by atoms with Crippen LogP contribution in [-0.4, -0.2) is 39.1 Å². The Morgan fingerprint density at radius 2 is 1.79 bits per heavy atom. The average molecular weight is 386 g/mol. The molecule has 3 rings (SSSR count). The summed E-state index contributed by atoms with van der Waals surface area (Å²) < 4.78 is 21.5. The third-order valence-electron chi connectivity index (χ3n) is 5.42. The number of hydrogen-bond acceptors (Lipinski definition) is 6. The summed E-state index contributed by atoms with van der Waals surface area (Å²) in [5, 5.41) is 0. The van der Waals surface area contributed by atoms with Crippen LogP contribution in [0.3, 0.4) is 0 Å². The van der Waals surface area contributed by atoms with Crippen molar-refractivity contribution in [3.05, 3.63) is 57.9 Å². The number of hydrogen-bond donors (Lipinski definition) is 0. The van der Waals surface area contributed by atoms with Crippen LogP contribution in [0.4, 0.5) is 0 Å². The van der Waals surface area contributed by atoms with Crippen molar-refractivity contribution in [2.75, 3.05) is 20.8 Å². The lowest BCUT2D eigenvalue weighted by atomic mass is 9.83. The Labute approximate surface area is 165 Å². The zero-order valence-corrected chi connectivity index (χ0v) is 16.9. The number of carbonyl (C=O) groups excluding carboxylic acids is 2. The van der Waals surface area contributed by atoms with Crippen LogP contribution in [0.1, 0.15) is 33.5 Å². The molecule has 0 saturated carbocycles. The van der Waals surface area contributed by atoms with Gasteiger partial charge in [-0.2, -0.15) is 0 Å². The van der Waals surface area contributed by atoms with Crippen LogP contribution in [-0.2, 0) is 23.7 Å². The number of carbonyl (C=O) groups is 2. The van der Waals surface area contributed by atoms with E-state index < -0.39 is 12.3 Å². The van der Waals surface area contributed by atoms with Gasteiger partial charge >= 0.3 is 11.9 Å². The predicted octanol–water partition coefficient (Wildman–Crippen LogP) is 3.39. The maximum atomic E-state index is 12.7. The molecule has 3 atom stereocenters. The first-order valence-corrected chi connectivity index (χ1v) is 9.27. The molecule has 0 saturated heterocycles. The van der Waals surface area contributed by atoms with E-state index in [0.29, 0.717) is 17.6 Å². The van der Waals surface area contributed by atoms with Crippen molar-refractivity contribution < 1.29 is 28.5 Å². The summed E-state index contributed by atoms with van der Waals surface area (Å²) in [7, 11) is 2.90. The zero-order chi connectivity index (χ0) is 20.4. The monoisotopic (exact) mass is 386 g/mol. The topological polar surface area (TPSA) is 71.1 Å². The minimum absolute atomic E-state index is 0.109. The molecular weight excluding hydrogens is 360 g/mol. The number of aryl methyl sites for hydroxylation is 3. The van der Waals surface area contributed by atoms with Crippen molar-refractivity contribution in [2.45, 2.75) is 33.5 Å². The lowest BCUT2D eigenvalue weighted by Crippen LogP contribution is -2.37. The van der Waals surface area contributed by atoms with Crippen LogP contribution in [0.25, 0.3) is 0 Å². The molecule has 28 heavy (non-hydrogen) atoms. The van der Waals surface area contributed by atoms with E-state index in [1.807, 2.05) is 39.0 Å². The average Bonchev–Trinajstić information content (AvgIpc) is 3.08. The first-order chi connectivity index (χ1) is 13.4. The minimum Gasteiger partial charge on any atom is -0.471 e. The van der Waals surface area contributed by atoms with E-state index in [4.69, 9.17) is 18.9 Å². The van der Waals surface area contributed by atoms with Gasteiger partial charge in [0.25, 0.3) is 0 Å². The van der Waals surface area contributed by atoms with Crippen LogP contribution in [0, 0.1) is 32.6 Å². The Bertz CT molecular complexity index is 828. The summed E-state index contributed by atoms with van der Waals surface area (Å²) in [4.78, 5) is 24.7. The molecule has 1 heterocycles. The predicted molar refractivity (Wildman–Crippen MR) is 103 cm³/mol. The highest BCUT2D eigenvalue weighted by Crippen LogP contribution is 2.43. The summed E-state index contributed by atoms with van der Waals surface area (Å²) in [5.41, 5.74) is 4.86. The number of ether oxygens (including phenoxy) is 4. The quantitative estimate of drug-likeness (QED) is 0.571. The van der Waals surface area contributed by atoms with Crippen LogP contribution in [0.5, 0.6) is 0 Å². The van der Waals surface area contributed by atoms with E-state index in [9.17, 15) is 9.59 Å². The molecule has 1 aromatic rings. The number of benzene rings is 1. The molecule has 6 nitrogen and oxygen atoms in total. The van der Waals surface area contributed by atoms with Gasteiger partial charge in [0.05, 0.1) is 30.4 Å². The Balaban J connectivity index is 1.74. The summed E-state index contributed by atoms with van der Waals surface area (Å²) in [6, 6.07) is 3.94. The van der Waals surface area contributed by atoms with Gasteiger partial charge in [-0.25, -0.2) is 9.59 Å². The second-order valence-corrected chi connectivity index (χ2v) is 7.30. The normalized spacial score (nSPS) is 23.2. The lowest BCUT2D eigenvalue weighted by molar-refractivity contribution is -0.146. The molecule has 150 valence electrons. The molecule has 6 heteroatoms. The van der Waals surface area contributed by atoms with Crippen LogP contribution >= 0.6 is 0 Å². The highest BCUT2D eigenvalue weighted by molar-refractivity contribution is 5.93. The van der Waals surface area contributed by atoms with E-state index in [2.05, 4.69) is 0 Å². The van der Waals surface area contributed by atoms with Crippen molar-refractivity contribution in [3.8, 4) is 0 Å². The molecule has 1 aliphatic carbocycles. The molecule has 1 aromatic carbocycles. The second kappa shape index (κ2) is 8.19. The lowest BCUT2D eigenvalue weighted by Gasteiger charge is -2.33. The largest absolute Gasteiger partial charge is 0.471 e. The van der Waals surface area contributed by atoms with E-state index in [1.54, 1.807) is 7.11 Å². The first-order valence-electron chi connectivity index (χ1n) is 9.27. The third kappa shape index (κ3) is 3.69. The van der Waals surface area contributed by atoms with Crippen LogP contribution < -0.4 is 0 Å². The molecule has 0 aromatic heterocycles. The number of rotatable bonds is 5. The zero-order valence-electron chi connectivity index (χ0n) is 16.9. The summed E-state index contributed by atoms with van der Waals surface area (Å²) >= 11 is 0. The minimum atomic E-state index is -0.534. The Hall–Kier alpha value is -2.60. The fraction of sp³-hybridized carbons (Fsp3) is 0.455. The van der Waals surface area contributed by atoms with Crippen molar-refractivity contribution in [1.82, 2.24) is 0 Å². The second-order valence-electron chi connectivity index (χ2n) is 7.30.